The molecule has 1 N–H and O–H groups in total. The second-order valence-corrected chi connectivity index (χ2v) is 7.49. The van der Waals surface area contributed by atoms with E-state index in [-0.39, 0.29) is 10.6 Å². The predicted octanol–water partition coefficient (Wildman–Crippen LogP) is 5.60. The number of carbonyl (C=O) groups excluding carboxylic acids is 1. The molecule has 3 rings (SSSR count). The normalized spacial score (nSPS) is 21.2. The molecule has 1 aliphatic heterocycles. The van der Waals surface area contributed by atoms with Crippen LogP contribution in [0.25, 0.3) is 0 Å². The number of hydrogen-bond donors (Lipinski definition) is 1. The Hall–Kier alpha value is -1.93. The molecule has 1 unspecified atom stereocenters. The zero-order valence-electron chi connectivity index (χ0n) is 12.7. The number of thioether (sulfide) groups is 1. The fourth-order valence-electron chi connectivity index (χ4n) is 2.52. The SMILES string of the molecule is C=C1SC(c2ccccc2)(C(F)(F)F)NC(=O)N1c1ccc(Br)cc1. The number of alkyl halides is 3. The summed E-state index contributed by atoms with van der Waals surface area (Å²) in [4.78, 5) is 11.1. The first kappa shape index (κ1) is 17.9. The summed E-state index contributed by atoms with van der Waals surface area (Å²) in [6, 6.07) is 13.0. The number of amides is 2. The highest BCUT2D eigenvalue weighted by atomic mass is 79.9. The van der Waals surface area contributed by atoms with Crippen LogP contribution in [0.3, 0.4) is 0 Å². The van der Waals surface area contributed by atoms with Gasteiger partial charge in [0.2, 0.25) is 4.87 Å². The smallest absolute Gasteiger partial charge is 0.311 e. The Labute approximate surface area is 155 Å². The Morgan fingerprint density at radius 3 is 2.20 bits per heavy atom. The van der Waals surface area contributed by atoms with E-state index in [9.17, 15) is 18.0 Å². The van der Waals surface area contributed by atoms with E-state index in [2.05, 4.69) is 27.8 Å². The third kappa shape index (κ3) is 3.16. The van der Waals surface area contributed by atoms with Gasteiger partial charge in [-0.15, -0.1) is 0 Å². The summed E-state index contributed by atoms with van der Waals surface area (Å²) >= 11 is 3.75. The number of nitrogens with zero attached hydrogens (tertiary/aromatic N) is 1. The predicted molar refractivity (Wildman–Crippen MR) is 96.1 cm³/mol. The molecule has 2 amide bonds. The van der Waals surface area contributed by atoms with Crippen LogP contribution in [0.5, 0.6) is 0 Å². The van der Waals surface area contributed by atoms with Crippen molar-refractivity contribution >= 4 is 39.4 Å². The molecule has 8 heteroatoms. The molecule has 1 heterocycles. The van der Waals surface area contributed by atoms with Gasteiger partial charge in [-0.3, -0.25) is 4.90 Å². The highest BCUT2D eigenvalue weighted by molar-refractivity contribution is 9.10. The van der Waals surface area contributed by atoms with Crippen molar-refractivity contribution in [3.05, 3.63) is 76.2 Å². The number of anilines is 1. The number of urea groups is 1. The summed E-state index contributed by atoms with van der Waals surface area (Å²) < 4.78 is 42.5. The Bertz CT molecular complexity index is 791. The number of rotatable bonds is 2. The van der Waals surface area contributed by atoms with Gasteiger partial charge in [0.25, 0.3) is 0 Å². The molecule has 0 saturated carbocycles. The van der Waals surface area contributed by atoms with Crippen LogP contribution in [-0.2, 0) is 4.87 Å². The van der Waals surface area contributed by atoms with Gasteiger partial charge in [0.15, 0.2) is 0 Å². The van der Waals surface area contributed by atoms with E-state index < -0.39 is 17.1 Å². The van der Waals surface area contributed by atoms with Gasteiger partial charge in [-0.2, -0.15) is 13.2 Å². The zero-order chi connectivity index (χ0) is 18.2. The zero-order valence-corrected chi connectivity index (χ0v) is 15.1. The van der Waals surface area contributed by atoms with Crippen LogP contribution in [0.1, 0.15) is 5.56 Å². The molecule has 2 aromatic rings. The van der Waals surface area contributed by atoms with Crippen LogP contribution in [-0.4, -0.2) is 12.2 Å². The fourth-order valence-corrected chi connectivity index (χ4v) is 3.92. The molecule has 0 radical (unpaired) electrons. The summed E-state index contributed by atoms with van der Waals surface area (Å²) in [5, 5.41) is 2.12. The van der Waals surface area contributed by atoms with Gasteiger partial charge in [-0.05, 0) is 29.8 Å². The fraction of sp³-hybridized carbons (Fsp3) is 0.118. The second-order valence-electron chi connectivity index (χ2n) is 5.28. The molecule has 0 spiro atoms. The molecule has 0 bridgehead atoms. The van der Waals surface area contributed by atoms with Crippen molar-refractivity contribution < 1.29 is 18.0 Å². The second kappa shape index (κ2) is 6.42. The number of nitrogens with one attached hydrogen (secondary N) is 1. The minimum absolute atomic E-state index is 0.00718. The lowest BCUT2D eigenvalue weighted by Crippen LogP contribution is -2.60. The van der Waals surface area contributed by atoms with Crippen LogP contribution < -0.4 is 10.2 Å². The van der Waals surface area contributed by atoms with Gasteiger partial charge >= 0.3 is 12.2 Å². The van der Waals surface area contributed by atoms with Crippen molar-refractivity contribution in [2.45, 2.75) is 11.0 Å². The topological polar surface area (TPSA) is 32.3 Å². The molecule has 3 nitrogen and oxygen atoms in total. The lowest BCUT2D eigenvalue weighted by Gasteiger charge is -2.43. The summed E-state index contributed by atoms with van der Waals surface area (Å²) in [7, 11) is 0. The third-order valence-corrected chi connectivity index (χ3v) is 5.49. The maximum absolute atomic E-state index is 13.9. The molecule has 130 valence electrons. The molecule has 1 fully saturated rings. The molecular weight excluding hydrogens is 417 g/mol. The first-order chi connectivity index (χ1) is 11.7. The summed E-state index contributed by atoms with van der Waals surface area (Å²) in [6.07, 6.45) is -4.70. The highest BCUT2D eigenvalue weighted by Crippen LogP contribution is 2.53. The van der Waals surface area contributed by atoms with Crippen molar-refractivity contribution in [1.29, 1.82) is 0 Å². The molecule has 1 aliphatic rings. The van der Waals surface area contributed by atoms with E-state index in [1.807, 2.05) is 0 Å². The average Bonchev–Trinajstić information content (AvgIpc) is 2.55. The Morgan fingerprint density at radius 1 is 1.08 bits per heavy atom. The molecule has 2 aromatic carbocycles. The van der Waals surface area contributed by atoms with Crippen molar-refractivity contribution in [2.75, 3.05) is 4.90 Å². The van der Waals surface area contributed by atoms with Crippen molar-refractivity contribution in [1.82, 2.24) is 5.32 Å². The van der Waals surface area contributed by atoms with E-state index in [0.29, 0.717) is 17.4 Å². The minimum atomic E-state index is -4.70. The van der Waals surface area contributed by atoms with Crippen LogP contribution in [0, 0.1) is 0 Å². The molecular formula is C17H12BrF3N2OS. The van der Waals surface area contributed by atoms with Gasteiger partial charge in [0.1, 0.15) is 0 Å². The lowest BCUT2D eigenvalue weighted by atomic mass is 10.1. The Balaban J connectivity index is 2.03. The minimum Gasteiger partial charge on any atom is -0.311 e. The van der Waals surface area contributed by atoms with Crippen LogP contribution in [0.4, 0.5) is 23.7 Å². The summed E-state index contributed by atoms with van der Waals surface area (Å²) in [5.41, 5.74) is 0.375. The summed E-state index contributed by atoms with van der Waals surface area (Å²) in [6.45, 7) is 3.70. The van der Waals surface area contributed by atoms with Crippen LogP contribution in [0.2, 0.25) is 0 Å². The molecule has 1 atom stereocenters. The van der Waals surface area contributed by atoms with E-state index in [1.165, 1.54) is 24.3 Å². The first-order valence-electron chi connectivity index (χ1n) is 7.12. The summed E-state index contributed by atoms with van der Waals surface area (Å²) in [5.74, 6) is 0. The number of hydrogen-bond acceptors (Lipinski definition) is 2. The molecule has 25 heavy (non-hydrogen) atoms. The molecule has 0 aromatic heterocycles. The van der Waals surface area contributed by atoms with Crippen LogP contribution >= 0.6 is 27.7 Å². The van der Waals surface area contributed by atoms with Gasteiger partial charge in [0, 0.05) is 4.47 Å². The number of benzene rings is 2. The maximum Gasteiger partial charge on any atom is 0.425 e. The van der Waals surface area contributed by atoms with E-state index >= 15 is 0 Å². The van der Waals surface area contributed by atoms with Gasteiger partial charge in [0.05, 0.1) is 10.7 Å². The third-order valence-electron chi connectivity index (χ3n) is 3.67. The lowest BCUT2D eigenvalue weighted by molar-refractivity contribution is -0.167. The average molecular weight is 429 g/mol. The highest BCUT2D eigenvalue weighted by Gasteiger charge is 2.61. The maximum atomic E-state index is 13.9. The van der Waals surface area contributed by atoms with Gasteiger partial charge < -0.3 is 5.32 Å². The molecule has 0 aliphatic carbocycles. The monoisotopic (exact) mass is 428 g/mol. The van der Waals surface area contributed by atoms with E-state index in [4.69, 9.17) is 0 Å². The molecule has 1 saturated heterocycles. The van der Waals surface area contributed by atoms with E-state index in [0.717, 1.165) is 9.37 Å². The van der Waals surface area contributed by atoms with E-state index in [1.54, 1.807) is 30.3 Å². The Morgan fingerprint density at radius 2 is 1.68 bits per heavy atom. The van der Waals surface area contributed by atoms with Crippen molar-refractivity contribution in [2.24, 2.45) is 0 Å². The standard InChI is InChI=1S/C17H12BrF3N2OS/c1-11-23(14-9-7-13(18)8-10-14)15(24)22-16(25-11,17(19,20)21)12-5-3-2-4-6-12/h2-10H,1H2,(H,22,24). The first-order valence-corrected chi connectivity index (χ1v) is 8.73. The largest absolute Gasteiger partial charge is 0.425 e. The van der Waals surface area contributed by atoms with Crippen molar-refractivity contribution in [3.63, 3.8) is 0 Å². The van der Waals surface area contributed by atoms with Crippen LogP contribution in [0.15, 0.2) is 70.7 Å². The number of carbonyl (C=O) groups is 1. The van der Waals surface area contributed by atoms with Gasteiger partial charge in [-0.25, -0.2) is 4.79 Å². The van der Waals surface area contributed by atoms with Crippen molar-refractivity contribution in [3.8, 4) is 0 Å². The number of halogens is 4. The van der Waals surface area contributed by atoms with Gasteiger partial charge in [-0.1, -0.05) is 64.6 Å². The Kier molecular flexibility index (Phi) is 4.59. The quantitative estimate of drug-likeness (QED) is 0.675.